The number of phosphoric ester groups is 3. The minimum Gasteiger partial charge on any atom is -0.404 e. The second-order valence-electron chi connectivity index (χ2n) is 13.8. The maximum Gasteiger partial charge on any atom is 0.530 e. The molecular formula is C48H45O12P3. The van der Waals surface area contributed by atoms with E-state index >= 15 is 0 Å². The SMILES string of the molecule is O=P(OCc1ccccc1)(OCc1ccccc1)Oc1cc(OP(=O)(OCc2ccccc2)OCc2ccccc2)cc(OP(=O)(OCc2ccccc2)OCc2ccccc2)c1. The highest BCUT2D eigenvalue weighted by molar-refractivity contribution is 7.49. The van der Waals surface area contributed by atoms with Gasteiger partial charge in [0.25, 0.3) is 0 Å². The van der Waals surface area contributed by atoms with Crippen molar-refractivity contribution >= 4 is 23.5 Å². The van der Waals surface area contributed by atoms with Crippen LogP contribution in [0, 0.1) is 0 Å². The fourth-order valence-corrected chi connectivity index (χ4v) is 9.20. The molecule has 0 heterocycles. The van der Waals surface area contributed by atoms with E-state index in [0.29, 0.717) is 33.4 Å². The smallest absolute Gasteiger partial charge is 0.404 e. The molecule has 0 saturated carbocycles. The van der Waals surface area contributed by atoms with Gasteiger partial charge in [-0.25, -0.2) is 13.7 Å². The Labute approximate surface area is 367 Å². The summed E-state index contributed by atoms with van der Waals surface area (Å²) in [5.41, 5.74) is 4.19. The molecule has 0 unspecified atom stereocenters. The Morgan fingerprint density at radius 2 is 0.413 bits per heavy atom. The summed E-state index contributed by atoms with van der Waals surface area (Å²) in [5.74, 6) is -0.619. The standard InChI is InChI=1S/C48H45O12P3/c49-61(52-34-40-19-7-1-8-20-40,53-35-41-21-9-2-10-22-41)58-46-31-47(59-62(50,54-36-42-23-11-3-12-24-42)55-37-43-25-13-4-14-26-43)33-48(32-46)60-63(51,56-38-44-27-15-5-16-28-44)57-39-45-29-17-6-18-30-45/h1-33H,34-39H2. The zero-order chi connectivity index (χ0) is 43.6. The van der Waals surface area contributed by atoms with Gasteiger partial charge in [-0.3, -0.25) is 27.1 Å². The molecule has 0 radical (unpaired) electrons. The highest BCUT2D eigenvalue weighted by atomic mass is 31.2. The Morgan fingerprint density at radius 3 is 0.571 bits per heavy atom. The zero-order valence-electron chi connectivity index (χ0n) is 34.0. The van der Waals surface area contributed by atoms with E-state index in [0.717, 1.165) is 0 Å². The summed E-state index contributed by atoms with van der Waals surface area (Å²) in [6, 6.07) is 58.3. The number of hydrogen-bond acceptors (Lipinski definition) is 12. The van der Waals surface area contributed by atoms with E-state index in [1.54, 1.807) is 72.8 Å². The molecule has 0 spiro atoms. The molecule has 0 fully saturated rings. The summed E-state index contributed by atoms with van der Waals surface area (Å²) in [6.45, 7) is -0.844. The molecule has 0 amide bonds. The maximum absolute atomic E-state index is 14.6. The highest BCUT2D eigenvalue weighted by Crippen LogP contribution is 2.57. The van der Waals surface area contributed by atoms with Crippen molar-refractivity contribution in [1.29, 1.82) is 0 Å². The van der Waals surface area contributed by atoms with E-state index < -0.39 is 23.5 Å². The van der Waals surface area contributed by atoms with E-state index in [1.807, 2.05) is 109 Å². The molecule has 0 atom stereocenters. The third kappa shape index (κ3) is 15.0. The van der Waals surface area contributed by atoms with Crippen LogP contribution in [0.2, 0.25) is 0 Å². The lowest BCUT2D eigenvalue weighted by Gasteiger charge is -2.23. The van der Waals surface area contributed by atoms with Gasteiger partial charge in [0.15, 0.2) is 0 Å². The van der Waals surface area contributed by atoms with Crippen LogP contribution in [0.4, 0.5) is 0 Å². The van der Waals surface area contributed by atoms with Gasteiger partial charge in [0, 0.05) is 18.2 Å². The van der Waals surface area contributed by atoms with E-state index in [2.05, 4.69) is 0 Å². The summed E-state index contributed by atoms with van der Waals surface area (Å²) < 4.78 is 97.4. The van der Waals surface area contributed by atoms with E-state index in [-0.39, 0.29) is 56.9 Å². The van der Waals surface area contributed by atoms with Gasteiger partial charge in [0.05, 0.1) is 39.6 Å². The monoisotopic (exact) mass is 906 g/mol. The van der Waals surface area contributed by atoms with Gasteiger partial charge in [-0.05, 0) is 33.4 Å². The largest absolute Gasteiger partial charge is 0.530 e. The van der Waals surface area contributed by atoms with Crippen LogP contribution < -0.4 is 13.6 Å². The van der Waals surface area contributed by atoms with Gasteiger partial charge in [0.1, 0.15) is 17.2 Å². The maximum atomic E-state index is 14.6. The van der Waals surface area contributed by atoms with Gasteiger partial charge in [0.2, 0.25) is 0 Å². The van der Waals surface area contributed by atoms with Crippen molar-refractivity contribution in [3.8, 4) is 17.2 Å². The van der Waals surface area contributed by atoms with E-state index in [4.69, 9.17) is 40.7 Å². The molecule has 0 bridgehead atoms. The molecule has 0 aliphatic rings. The van der Waals surface area contributed by atoms with E-state index in [1.165, 1.54) is 18.2 Å². The van der Waals surface area contributed by atoms with Crippen LogP contribution in [-0.4, -0.2) is 0 Å². The molecule has 7 rings (SSSR count). The quantitative estimate of drug-likeness (QED) is 0.0534. The number of benzene rings is 7. The number of rotatable bonds is 24. The third-order valence-electron chi connectivity index (χ3n) is 8.90. The Balaban J connectivity index is 1.24. The van der Waals surface area contributed by atoms with Crippen LogP contribution >= 0.6 is 23.5 Å². The molecule has 15 heteroatoms. The summed E-state index contributed by atoms with van der Waals surface area (Å²) in [6.07, 6.45) is 0. The van der Waals surface area contributed by atoms with Gasteiger partial charge in [-0.1, -0.05) is 182 Å². The van der Waals surface area contributed by atoms with Crippen LogP contribution in [-0.2, 0) is 80.5 Å². The molecule has 0 saturated heterocycles. The molecule has 324 valence electrons. The van der Waals surface area contributed by atoms with Crippen molar-refractivity contribution in [3.63, 3.8) is 0 Å². The molecule has 0 N–H and O–H groups in total. The lowest BCUT2D eigenvalue weighted by atomic mass is 10.2. The average Bonchev–Trinajstić information content (AvgIpc) is 3.32. The fraction of sp³-hybridized carbons (Fsp3) is 0.125. The lowest BCUT2D eigenvalue weighted by Crippen LogP contribution is -2.06. The van der Waals surface area contributed by atoms with Crippen LogP contribution in [0.1, 0.15) is 33.4 Å². The summed E-state index contributed by atoms with van der Waals surface area (Å²) >= 11 is 0. The van der Waals surface area contributed by atoms with Crippen LogP contribution in [0.15, 0.2) is 200 Å². The summed E-state index contributed by atoms with van der Waals surface area (Å²) in [4.78, 5) is 0. The Hall–Kier alpha value is -5.61. The first-order chi connectivity index (χ1) is 30.7. The molecule has 0 aliphatic heterocycles. The second kappa shape index (κ2) is 22.7. The zero-order valence-corrected chi connectivity index (χ0v) is 36.7. The minimum absolute atomic E-state index is 0.141. The minimum atomic E-state index is -4.50. The normalized spacial score (nSPS) is 11.8. The van der Waals surface area contributed by atoms with Crippen molar-refractivity contribution in [3.05, 3.63) is 234 Å². The predicted molar refractivity (Wildman–Crippen MR) is 239 cm³/mol. The summed E-state index contributed by atoms with van der Waals surface area (Å²) in [7, 11) is -13.5. The Kier molecular flexibility index (Phi) is 16.3. The Bertz CT molecular complexity index is 2150. The molecular weight excluding hydrogens is 861 g/mol. The molecule has 0 aromatic heterocycles. The topological polar surface area (TPSA) is 134 Å². The fourth-order valence-electron chi connectivity index (χ4n) is 5.73. The van der Waals surface area contributed by atoms with Crippen LogP contribution in [0.5, 0.6) is 17.2 Å². The van der Waals surface area contributed by atoms with Crippen molar-refractivity contribution in [1.82, 2.24) is 0 Å². The molecule has 7 aromatic rings. The molecule has 12 nitrogen and oxygen atoms in total. The van der Waals surface area contributed by atoms with E-state index in [9.17, 15) is 13.7 Å². The highest BCUT2D eigenvalue weighted by Gasteiger charge is 2.35. The third-order valence-corrected chi connectivity index (χ3v) is 12.9. The molecule has 7 aromatic carbocycles. The van der Waals surface area contributed by atoms with Crippen LogP contribution in [0.25, 0.3) is 0 Å². The van der Waals surface area contributed by atoms with Crippen molar-refractivity contribution < 1.29 is 54.4 Å². The molecule has 63 heavy (non-hydrogen) atoms. The first-order valence-corrected chi connectivity index (χ1v) is 24.2. The molecule has 0 aliphatic carbocycles. The number of phosphoric acid groups is 3. The van der Waals surface area contributed by atoms with Gasteiger partial charge in [-0.15, -0.1) is 0 Å². The first-order valence-electron chi connectivity index (χ1n) is 19.9. The van der Waals surface area contributed by atoms with Gasteiger partial charge < -0.3 is 13.6 Å². The van der Waals surface area contributed by atoms with Crippen molar-refractivity contribution in [2.24, 2.45) is 0 Å². The van der Waals surface area contributed by atoms with Crippen molar-refractivity contribution in [2.75, 3.05) is 0 Å². The van der Waals surface area contributed by atoms with Gasteiger partial charge >= 0.3 is 23.5 Å². The number of hydrogen-bond donors (Lipinski definition) is 0. The van der Waals surface area contributed by atoms with Crippen LogP contribution in [0.3, 0.4) is 0 Å². The second-order valence-corrected chi connectivity index (χ2v) is 18.6. The first kappa shape index (κ1) is 45.4. The summed E-state index contributed by atoms with van der Waals surface area (Å²) in [5, 5.41) is 0. The Morgan fingerprint density at radius 1 is 0.254 bits per heavy atom. The van der Waals surface area contributed by atoms with Gasteiger partial charge in [-0.2, -0.15) is 0 Å². The van der Waals surface area contributed by atoms with Crippen molar-refractivity contribution in [2.45, 2.75) is 39.6 Å². The lowest BCUT2D eigenvalue weighted by molar-refractivity contribution is 0.140. The average molecular weight is 907 g/mol. The predicted octanol–water partition coefficient (Wildman–Crippen LogP) is 13.4.